The van der Waals surface area contributed by atoms with E-state index in [4.69, 9.17) is 51.8 Å². The van der Waals surface area contributed by atoms with Gasteiger partial charge in [-0.2, -0.15) is 0 Å². The van der Waals surface area contributed by atoms with Gasteiger partial charge in [0.1, 0.15) is 11.9 Å². The average Bonchev–Trinajstić information content (AvgIpc) is 2.45. The van der Waals surface area contributed by atoms with Crippen LogP contribution >= 0.6 is 47.0 Å². The highest BCUT2D eigenvalue weighted by molar-refractivity contribution is 7.80. The fourth-order valence-electron chi connectivity index (χ4n) is 1.50. The lowest BCUT2D eigenvalue weighted by atomic mass is 10.3. The molecule has 1 aromatic rings. The van der Waals surface area contributed by atoms with E-state index in [1.54, 1.807) is 26.2 Å². The largest absolute Gasteiger partial charge is 0.495 e. The zero-order valence-corrected chi connectivity index (χ0v) is 15.0. The summed E-state index contributed by atoms with van der Waals surface area (Å²) < 4.78 is 3.44. The van der Waals surface area contributed by atoms with E-state index < -0.39 is 9.96 Å². The lowest BCUT2D eigenvalue weighted by Crippen LogP contribution is -2.56. The number of halogens is 3. The standard InChI is InChI=1S/C13H16Cl3N3O2S/c1-3-10(20)18-11(13(14,15)16)19-12(22)17-8-6-4-5-7-9(8)21-2/h4-7,11H,3H2,1-2H3,(H,18,20)(H2,17,19,22). The summed E-state index contributed by atoms with van der Waals surface area (Å²) in [7, 11) is 1.54. The van der Waals surface area contributed by atoms with Gasteiger partial charge in [-0.25, -0.2) is 0 Å². The van der Waals surface area contributed by atoms with Crippen molar-refractivity contribution in [3.63, 3.8) is 0 Å². The van der Waals surface area contributed by atoms with Crippen LogP contribution in [0.3, 0.4) is 0 Å². The highest BCUT2D eigenvalue weighted by Gasteiger charge is 2.34. The Morgan fingerprint density at radius 1 is 1.32 bits per heavy atom. The molecule has 1 aromatic carbocycles. The number of rotatable bonds is 5. The van der Waals surface area contributed by atoms with Gasteiger partial charge >= 0.3 is 0 Å². The number of hydrogen-bond acceptors (Lipinski definition) is 3. The zero-order chi connectivity index (χ0) is 16.8. The van der Waals surface area contributed by atoms with Gasteiger partial charge in [0.15, 0.2) is 5.11 Å². The van der Waals surface area contributed by atoms with Crippen LogP contribution in [0, 0.1) is 0 Å². The number of benzene rings is 1. The van der Waals surface area contributed by atoms with Crippen molar-refractivity contribution in [3.05, 3.63) is 24.3 Å². The second-order valence-corrected chi connectivity index (χ2v) is 6.97. The van der Waals surface area contributed by atoms with Crippen molar-refractivity contribution in [1.82, 2.24) is 10.6 Å². The van der Waals surface area contributed by atoms with E-state index in [-0.39, 0.29) is 17.4 Å². The summed E-state index contributed by atoms with van der Waals surface area (Å²) in [6.45, 7) is 1.69. The molecule has 1 rings (SSSR count). The molecule has 0 aliphatic rings. The van der Waals surface area contributed by atoms with Gasteiger partial charge in [-0.3, -0.25) is 4.79 Å². The molecule has 1 atom stereocenters. The first-order chi connectivity index (χ1) is 10.3. The number of carbonyl (C=O) groups excluding carboxylic acids is 1. The van der Waals surface area contributed by atoms with E-state index in [1.165, 1.54) is 0 Å². The van der Waals surface area contributed by atoms with Crippen LogP contribution in [0.4, 0.5) is 5.69 Å². The molecule has 1 unspecified atom stereocenters. The molecule has 9 heteroatoms. The van der Waals surface area contributed by atoms with Crippen LogP contribution in [0.5, 0.6) is 5.75 Å². The van der Waals surface area contributed by atoms with Gasteiger partial charge in [-0.15, -0.1) is 0 Å². The Morgan fingerprint density at radius 2 is 1.95 bits per heavy atom. The summed E-state index contributed by atoms with van der Waals surface area (Å²) in [6, 6.07) is 7.20. The van der Waals surface area contributed by atoms with Gasteiger partial charge in [0.05, 0.1) is 12.8 Å². The minimum atomic E-state index is -1.77. The zero-order valence-electron chi connectivity index (χ0n) is 12.0. The van der Waals surface area contributed by atoms with Gasteiger partial charge in [0, 0.05) is 6.42 Å². The average molecular weight is 385 g/mol. The van der Waals surface area contributed by atoms with E-state index >= 15 is 0 Å². The normalized spacial score (nSPS) is 12.2. The van der Waals surface area contributed by atoms with Crippen LogP contribution in [-0.4, -0.2) is 28.1 Å². The maximum Gasteiger partial charge on any atom is 0.228 e. The summed E-state index contributed by atoms with van der Waals surface area (Å²) in [5.41, 5.74) is 0.646. The van der Waals surface area contributed by atoms with Crippen molar-refractivity contribution in [2.24, 2.45) is 0 Å². The highest BCUT2D eigenvalue weighted by atomic mass is 35.6. The first-order valence-electron chi connectivity index (χ1n) is 6.34. The van der Waals surface area contributed by atoms with Crippen molar-refractivity contribution in [3.8, 4) is 5.75 Å². The molecule has 0 spiro atoms. The summed E-state index contributed by atoms with van der Waals surface area (Å²) in [5.74, 6) is 0.332. The van der Waals surface area contributed by atoms with Crippen LogP contribution in [0.1, 0.15) is 13.3 Å². The van der Waals surface area contributed by atoms with Gasteiger partial charge in [0.25, 0.3) is 0 Å². The third-order valence-electron chi connectivity index (χ3n) is 2.58. The Bertz CT molecular complexity index is 538. The van der Waals surface area contributed by atoms with Crippen LogP contribution in [-0.2, 0) is 4.79 Å². The Labute approximate surface area is 149 Å². The number of amides is 1. The molecule has 0 bridgehead atoms. The van der Waals surface area contributed by atoms with Gasteiger partial charge in [-0.1, -0.05) is 53.9 Å². The van der Waals surface area contributed by atoms with E-state index in [0.29, 0.717) is 11.4 Å². The Kier molecular flexibility index (Phi) is 7.48. The molecule has 0 aromatic heterocycles. The fraction of sp³-hybridized carbons (Fsp3) is 0.385. The number of thiocarbonyl (C=S) groups is 1. The molecule has 3 N–H and O–H groups in total. The quantitative estimate of drug-likeness (QED) is 0.413. The van der Waals surface area contributed by atoms with E-state index in [0.717, 1.165) is 0 Å². The molecule has 122 valence electrons. The Morgan fingerprint density at radius 3 is 2.50 bits per heavy atom. The molecule has 22 heavy (non-hydrogen) atoms. The minimum absolute atomic E-state index is 0.178. The van der Waals surface area contributed by atoms with Gasteiger partial charge in [-0.05, 0) is 24.4 Å². The molecule has 0 saturated heterocycles. The molecule has 1 amide bonds. The number of para-hydroxylation sites is 2. The molecule has 0 heterocycles. The molecule has 5 nitrogen and oxygen atoms in total. The van der Waals surface area contributed by atoms with Crippen molar-refractivity contribution in [1.29, 1.82) is 0 Å². The third-order valence-corrected chi connectivity index (χ3v) is 3.46. The number of ether oxygens (including phenoxy) is 1. The van der Waals surface area contributed by atoms with Crippen molar-refractivity contribution in [2.75, 3.05) is 12.4 Å². The molecular weight excluding hydrogens is 369 g/mol. The molecular formula is C13H16Cl3N3O2S. The molecule has 0 fully saturated rings. The molecule has 0 saturated carbocycles. The monoisotopic (exact) mass is 383 g/mol. The molecule has 0 aliphatic heterocycles. The first-order valence-corrected chi connectivity index (χ1v) is 7.88. The first kappa shape index (κ1) is 19.1. The number of alkyl halides is 3. The van der Waals surface area contributed by atoms with Gasteiger partial charge in [0.2, 0.25) is 9.70 Å². The van der Waals surface area contributed by atoms with Crippen molar-refractivity contribution >= 4 is 63.7 Å². The number of hydrogen-bond donors (Lipinski definition) is 3. The number of carbonyl (C=O) groups is 1. The van der Waals surface area contributed by atoms with Crippen LogP contribution in [0.2, 0.25) is 0 Å². The van der Waals surface area contributed by atoms with E-state index in [9.17, 15) is 4.79 Å². The highest BCUT2D eigenvalue weighted by Crippen LogP contribution is 2.29. The second kappa shape index (κ2) is 8.62. The van der Waals surface area contributed by atoms with E-state index in [2.05, 4.69) is 16.0 Å². The summed E-state index contributed by atoms with van der Waals surface area (Å²) in [4.78, 5) is 11.5. The maximum atomic E-state index is 11.5. The Balaban J connectivity index is 2.77. The topological polar surface area (TPSA) is 62.4 Å². The summed E-state index contributed by atoms with van der Waals surface area (Å²) in [6.07, 6.45) is -0.717. The lowest BCUT2D eigenvalue weighted by molar-refractivity contribution is -0.121. The summed E-state index contributed by atoms with van der Waals surface area (Å²) >= 11 is 22.7. The van der Waals surface area contributed by atoms with Crippen LogP contribution in [0.15, 0.2) is 24.3 Å². The second-order valence-electron chi connectivity index (χ2n) is 4.19. The number of nitrogens with one attached hydrogen (secondary N) is 3. The Hall–Kier alpha value is -0.950. The van der Waals surface area contributed by atoms with Crippen LogP contribution < -0.4 is 20.7 Å². The fourth-order valence-corrected chi connectivity index (χ4v) is 2.06. The maximum absolute atomic E-state index is 11.5. The summed E-state index contributed by atoms with van der Waals surface area (Å²) in [5, 5.41) is 8.41. The van der Waals surface area contributed by atoms with Crippen molar-refractivity contribution in [2.45, 2.75) is 23.3 Å². The minimum Gasteiger partial charge on any atom is -0.495 e. The molecule has 0 aliphatic carbocycles. The van der Waals surface area contributed by atoms with Crippen molar-refractivity contribution < 1.29 is 9.53 Å². The number of methoxy groups -OCH3 is 1. The van der Waals surface area contributed by atoms with Crippen LogP contribution in [0.25, 0.3) is 0 Å². The number of anilines is 1. The van der Waals surface area contributed by atoms with Gasteiger partial charge < -0.3 is 20.7 Å². The van der Waals surface area contributed by atoms with E-state index in [1.807, 2.05) is 12.1 Å². The predicted octanol–water partition coefficient (Wildman–Crippen LogP) is 3.20. The lowest BCUT2D eigenvalue weighted by Gasteiger charge is -2.27. The SMILES string of the molecule is CCC(=O)NC(NC(=S)Nc1ccccc1OC)C(Cl)(Cl)Cl. The molecule has 0 radical (unpaired) electrons. The third kappa shape index (κ3) is 6.04. The predicted molar refractivity (Wildman–Crippen MR) is 94.9 cm³/mol. The smallest absolute Gasteiger partial charge is 0.228 e.